The maximum atomic E-state index is 2.32. The number of para-hydroxylation sites is 2. The normalized spacial score (nSPS) is 13.2. The van der Waals surface area contributed by atoms with Gasteiger partial charge < -0.3 is 9.80 Å². The van der Waals surface area contributed by atoms with Crippen LogP contribution in [0.1, 0.15) is 29.0 Å². The smallest absolute Gasteiger partial charge is 0.0462 e. The van der Waals surface area contributed by atoms with E-state index in [1.807, 2.05) is 0 Å². The third-order valence-corrected chi connectivity index (χ3v) is 12.0. The van der Waals surface area contributed by atoms with Gasteiger partial charge in [0.2, 0.25) is 0 Å². The van der Waals surface area contributed by atoms with E-state index in [-0.39, 0.29) is 0 Å². The van der Waals surface area contributed by atoms with Crippen molar-refractivity contribution in [2.45, 2.75) is 12.3 Å². The lowest BCUT2D eigenvalue weighted by Gasteiger charge is -2.26. The first-order chi connectivity index (χ1) is 31.7. The maximum absolute atomic E-state index is 2.32. The Morgan fingerprint density at radius 1 is 0.297 bits per heavy atom. The van der Waals surface area contributed by atoms with Gasteiger partial charge in [0, 0.05) is 40.0 Å². The van der Waals surface area contributed by atoms with E-state index in [2.05, 4.69) is 283 Å². The van der Waals surface area contributed by atoms with E-state index in [4.69, 9.17) is 0 Å². The zero-order chi connectivity index (χ0) is 42.9. The Labute approximate surface area is 377 Å². The number of hydrogen-bond donors (Lipinski definition) is 0. The monoisotopic (exact) mass is 820 g/mol. The van der Waals surface area contributed by atoms with Crippen LogP contribution in [0, 0.1) is 0 Å². The number of allylic oxidation sites excluding steroid dienone is 4. The van der Waals surface area contributed by atoms with Crippen LogP contribution in [-0.2, 0) is 0 Å². The fraction of sp³-hybridized carbons (Fsp3) is 0.0323. The second-order valence-corrected chi connectivity index (χ2v) is 16.2. The molecule has 0 heterocycles. The second kappa shape index (κ2) is 18.8. The molecular weight excluding hydrogens is 773 g/mol. The molecule has 0 N–H and O–H groups in total. The first kappa shape index (κ1) is 39.9. The van der Waals surface area contributed by atoms with E-state index in [1.54, 1.807) is 0 Å². The van der Waals surface area contributed by atoms with Gasteiger partial charge in [0.25, 0.3) is 0 Å². The number of rotatable bonds is 12. The number of hydrogen-bond acceptors (Lipinski definition) is 2. The molecule has 0 fully saturated rings. The highest BCUT2D eigenvalue weighted by Crippen LogP contribution is 2.38. The summed E-state index contributed by atoms with van der Waals surface area (Å²) in [6.07, 6.45) is 14.2. The second-order valence-electron chi connectivity index (χ2n) is 16.2. The highest BCUT2D eigenvalue weighted by Gasteiger charge is 2.15. The summed E-state index contributed by atoms with van der Waals surface area (Å²) in [5.41, 5.74) is 17.6. The van der Waals surface area contributed by atoms with Gasteiger partial charge in [0.1, 0.15) is 0 Å². The predicted molar refractivity (Wildman–Crippen MR) is 273 cm³/mol. The third kappa shape index (κ3) is 9.04. The molecule has 0 radical (unpaired) electrons. The zero-order valence-corrected chi connectivity index (χ0v) is 35.7. The predicted octanol–water partition coefficient (Wildman–Crippen LogP) is 17.4. The van der Waals surface area contributed by atoms with Crippen molar-refractivity contribution in [3.63, 3.8) is 0 Å². The topological polar surface area (TPSA) is 6.48 Å². The maximum Gasteiger partial charge on any atom is 0.0462 e. The van der Waals surface area contributed by atoms with Crippen molar-refractivity contribution in [2.24, 2.45) is 0 Å². The summed E-state index contributed by atoms with van der Waals surface area (Å²) in [6, 6.07) is 84.9. The average Bonchev–Trinajstić information content (AvgIpc) is 3.38. The number of anilines is 6. The molecule has 0 saturated heterocycles. The summed E-state index contributed by atoms with van der Waals surface area (Å²) in [4.78, 5) is 4.63. The van der Waals surface area contributed by atoms with Gasteiger partial charge in [-0.2, -0.15) is 0 Å². The van der Waals surface area contributed by atoms with Gasteiger partial charge in [-0.25, -0.2) is 0 Å². The van der Waals surface area contributed by atoms with Crippen LogP contribution in [-0.4, -0.2) is 0 Å². The van der Waals surface area contributed by atoms with Crippen LogP contribution in [0.2, 0.25) is 0 Å². The summed E-state index contributed by atoms with van der Waals surface area (Å²) in [5.74, 6) is 0.456. The van der Waals surface area contributed by atoms with Gasteiger partial charge in [0.15, 0.2) is 0 Å². The molecule has 9 aromatic carbocycles. The highest BCUT2D eigenvalue weighted by molar-refractivity contribution is 5.82. The first-order valence-electron chi connectivity index (χ1n) is 22.1. The lowest BCUT2D eigenvalue weighted by Crippen LogP contribution is -2.09. The number of nitrogens with zero attached hydrogens (tertiary/aromatic N) is 2. The first-order valence-corrected chi connectivity index (χ1v) is 22.1. The van der Waals surface area contributed by atoms with E-state index >= 15 is 0 Å². The highest BCUT2D eigenvalue weighted by atomic mass is 15.1. The molecule has 1 aliphatic carbocycles. The van der Waals surface area contributed by atoms with Gasteiger partial charge in [-0.1, -0.05) is 200 Å². The zero-order valence-electron chi connectivity index (χ0n) is 35.7. The molecule has 1 atom stereocenters. The molecule has 0 bridgehead atoms. The van der Waals surface area contributed by atoms with Crippen LogP contribution >= 0.6 is 0 Å². The van der Waals surface area contributed by atoms with E-state index in [9.17, 15) is 0 Å². The molecule has 0 spiro atoms. The van der Waals surface area contributed by atoms with Crippen molar-refractivity contribution < 1.29 is 0 Å². The van der Waals surface area contributed by atoms with Crippen LogP contribution in [0.15, 0.2) is 261 Å². The minimum atomic E-state index is 0.456. The Kier molecular flexibility index (Phi) is 11.7. The van der Waals surface area contributed by atoms with Crippen LogP contribution in [0.4, 0.5) is 34.1 Å². The third-order valence-electron chi connectivity index (χ3n) is 12.0. The lowest BCUT2D eigenvalue weighted by molar-refractivity contribution is 0.854. The van der Waals surface area contributed by atoms with E-state index in [0.717, 1.165) is 51.7 Å². The summed E-state index contributed by atoms with van der Waals surface area (Å²) < 4.78 is 0. The summed E-state index contributed by atoms with van der Waals surface area (Å²) in [6.45, 7) is 0. The van der Waals surface area contributed by atoms with Crippen LogP contribution < -0.4 is 9.80 Å². The Balaban J connectivity index is 0.842. The largest absolute Gasteiger partial charge is 0.311 e. The summed E-state index contributed by atoms with van der Waals surface area (Å²) >= 11 is 0. The molecule has 1 unspecified atom stereocenters. The van der Waals surface area contributed by atoms with Crippen LogP contribution in [0.25, 0.3) is 45.5 Å². The fourth-order valence-electron chi connectivity index (χ4n) is 8.55. The van der Waals surface area contributed by atoms with E-state index < -0.39 is 0 Å². The minimum Gasteiger partial charge on any atom is -0.311 e. The molecule has 9 aromatic rings. The van der Waals surface area contributed by atoms with Crippen molar-refractivity contribution in [3.05, 3.63) is 278 Å². The lowest BCUT2D eigenvalue weighted by atomic mass is 9.91. The Hall–Kier alpha value is -8.20. The van der Waals surface area contributed by atoms with Gasteiger partial charge in [-0.15, -0.1) is 0 Å². The standard InChI is InChI=1S/C62H48N2/c1-5-13-49(14-6-1)51-27-31-53(32-28-51)55-35-43-61(44-36-55)63(57-17-9-3-10-18-57)59-39-23-47(24-40-59)21-22-48-25-41-60(42-26-48)64(58-19-11-4-12-20-58)62-45-37-56(38-46-62)54-33-29-52(30-34-54)50-15-7-2-8-16-50/h1-15,17-46,50H,16H2/b22-21+. The van der Waals surface area contributed by atoms with Gasteiger partial charge in [0.05, 0.1) is 0 Å². The van der Waals surface area contributed by atoms with Gasteiger partial charge >= 0.3 is 0 Å². The van der Waals surface area contributed by atoms with Crippen molar-refractivity contribution in [1.29, 1.82) is 0 Å². The SMILES string of the molecule is C1=CCC(c2ccc(-c3ccc(N(c4ccccc4)c4ccc(/C=C/c5ccc(N(c6ccccc6)c6ccc(-c7ccc(-c8ccccc8)cc7)cc6)cc5)cc4)cc3)cc2)C=C1. The van der Waals surface area contributed by atoms with Crippen LogP contribution in [0.5, 0.6) is 0 Å². The average molecular weight is 821 g/mol. The molecule has 0 saturated carbocycles. The minimum absolute atomic E-state index is 0.456. The van der Waals surface area contributed by atoms with E-state index in [1.165, 1.54) is 38.9 Å². The van der Waals surface area contributed by atoms with Crippen molar-refractivity contribution >= 4 is 46.3 Å². The summed E-state index contributed by atoms with van der Waals surface area (Å²) in [5, 5.41) is 0. The molecule has 2 heteroatoms. The van der Waals surface area contributed by atoms with Crippen molar-refractivity contribution in [2.75, 3.05) is 9.80 Å². The molecule has 0 aromatic heterocycles. The van der Waals surface area contributed by atoms with E-state index in [0.29, 0.717) is 5.92 Å². The molecule has 10 rings (SSSR count). The number of benzene rings is 9. The quantitative estimate of drug-likeness (QED) is 0.113. The van der Waals surface area contributed by atoms with Gasteiger partial charge in [-0.05, 0) is 129 Å². The molecule has 0 aliphatic heterocycles. The van der Waals surface area contributed by atoms with Crippen LogP contribution in [0.3, 0.4) is 0 Å². The summed E-state index contributed by atoms with van der Waals surface area (Å²) in [7, 11) is 0. The molecule has 2 nitrogen and oxygen atoms in total. The molecule has 64 heavy (non-hydrogen) atoms. The molecule has 0 amide bonds. The molecule has 1 aliphatic rings. The molecule has 306 valence electrons. The molecular formula is C62H48N2. The van der Waals surface area contributed by atoms with Crippen molar-refractivity contribution in [1.82, 2.24) is 0 Å². The Morgan fingerprint density at radius 3 is 0.984 bits per heavy atom. The Bertz CT molecular complexity index is 2990. The fourth-order valence-corrected chi connectivity index (χ4v) is 8.55. The Morgan fingerprint density at radius 2 is 0.609 bits per heavy atom. The van der Waals surface area contributed by atoms with Gasteiger partial charge in [-0.3, -0.25) is 0 Å². The van der Waals surface area contributed by atoms with Crippen molar-refractivity contribution in [3.8, 4) is 33.4 Å².